The third kappa shape index (κ3) is 5.45. The average molecular weight is 242 g/mol. The molecule has 1 unspecified atom stereocenters. The molecule has 1 atom stereocenters. The zero-order chi connectivity index (χ0) is 12.2. The molecule has 0 radical (unpaired) electrons. The molecule has 3 nitrogen and oxygen atoms in total. The third-order valence-electron chi connectivity index (χ3n) is 1.97. The predicted octanol–water partition coefficient (Wildman–Crippen LogP) is 3.23. The van der Waals surface area contributed by atoms with Crippen molar-refractivity contribution >= 4 is 7.37 Å². The first kappa shape index (κ1) is 13.4. The maximum Gasteiger partial charge on any atom is 0.229 e. The second kappa shape index (κ2) is 5.13. The van der Waals surface area contributed by atoms with E-state index in [1.165, 1.54) is 0 Å². The lowest BCUT2D eigenvalue weighted by Crippen LogP contribution is -2.20. The van der Waals surface area contributed by atoms with E-state index in [0.717, 1.165) is 5.56 Å². The zero-order valence-corrected chi connectivity index (χ0v) is 10.9. The van der Waals surface area contributed by atoms with Gasteiger partial charge in [-0.05, 0) is 26.3 Å². The van der Waals surface area contributed by atoms with Crippen LogP contribution in [0.15, 0.2) is 30.3 Å². The van der Waals surface area contributed by atoms with Crippen LogP contribution in [0.25, 0.3) is 0 Å². The molecule has 4 heteroatoms. The summed E-state index contributed by atoms with van der Waals surface area (Å²) >= 11 is 0. The van der Waals surface area contributed by atoms with Crippen LogP contribution in [-0.2, 0) is 15.5 Å². The molecule has 0 amide bonds. The highest BCUT2D eigenvalue weighted by molar-refractivity contribution is 7.56. The van der Waals surface area contributed by atoms with Crippen molar-refractivity contribution in [2.45, 2.75) is 32.5 Å². The van der Waals surface area contributed by atoms with Crippen molar-refractivity contribution in [3.05, 3.63) is 35.9 Å². The van der Waals surface area contributed by atoms with Crippen LogP contribution >= 0.6 is 7.37 Å². The highest BCUT2D eigenvalue weighted by atomic mass is 31.2. The number of benzene rings is 1. The first-order chi connectivity index (χ1) is 7.29. The first-order valence-electron chi connectivity index (χ1n) is 5.27. The standard InChI is InChI=1S/C12H19O3P/c1-12(2,3)15-10-16(13,14)9-11-7-5-4-6-8-11/h4-8H,9-10H2,1-3H3,(H,13,14). The molecule has 0 spiro atoms. The van der Waals surface area contributed by atoms with Gasteiger partial charge in [-0.3, -0.25) is 4.57 Å². The molecule has 1 N–H and O–H groups in total. The van der Waals surface area contributed by atoms with Crippen LogP contribution in [0.3, 0.4) is 0 Å². The molecule has 0 heterocycles. The Bertz CT molecular complexity index is 368. The molecule has 0 aromatic heterocycles. The van der Waals surface area contributed by atoms with Gasteiger partial charge in [-0.25, -0.2) is 0 Å². The number of hydrogen-bond acceptors (Lipinski definition) is 2. The van der Waals surface area contributed by atoms with Gasteiger partial charge >= 0.3 is 0 Å². The van der Waals surface area contributed by atoms with E-state index in [-0.39, 0.29) is 18.1 Å². The fraction of sp³-hybridized carbons (Fsp3) is 0.500. The van der Waals surface area contributed by atoms with Gasteiger partial charge in [0.2, 0.25) is 7.37 Å². The van der Waals surface area contributed by atoms with Crippen molar-refractivity contribution in [2.24, 2.45) is 0 Å². The Morgan fingerprint density at radius 2 is 1.81 bits per heavy atom. The molecule has 0 aliphatic heterocycles. The topological polar surface area (TPSA) is 46.5 Å². The summed E-state index contributed by atoms with van der Waals surface area (Å²) in [5.74, 6) is 0. The molecular formula is C12H19O3P. The zero-order valence-electron chi connectivity index (χ0n) is 10.0. The van der Waals surface area contributed by atoms with E-state index in [2.05, 4.69) is 0 Å². The van der Waals surface area contributed by atoms with Gasteiger partial charge in [0.1, 0.15) is 6.35 Å². The van der Waals surface area contributed by atoms with Crippen LogP contribution in [0.2, 0.25) is 0 Å². The summed E-state index contributed by atoms with van der Waals surface area (Å²) in [6.45, 7) is 5.61. The van der Waals surface area contributed by atoms with Crippen LogP contribution in [0, 0.1) is 0 Å². The van der Waals surface area contributed by atoms with E-state index in [1.54, 1.807) is 0 Å². The largest absolute Gasteiger partial charge is 0.366 e. The number of ether oxygens (including phenoxy) is 1. The minimum Gasteiger partial charge on any atom is -0.366 e. The Kier molecular flexibility index (Phi) is 4.31. The van der Waals surface area contributed by atoms with Crippen molar-refractivity contribution in [2.75, 3.05) is 6.35 Å². The maximum atomic E-state index is 11.9. The first-order valence-corrected chi connectivity index (χ1v) is 7.30. The number of rotatable bonds is 4. The van der Waals surface area contributed by atoms with E-state index in [4.69, 9.17) is 4.74 Å². The average Bonchev–Trinajstić information content (AvgIpc) is 2.15. The molecule has 0 fully saturated rings. The molecule has 1 rings (SSSR count). The fourth-order valence-corrected chi connectivity index (χ4v) is 2.67. The second-order valence-electron chi connectivity index (χ2n) is 4.88. The highest BCUT2D eigenvalue weighted by Gasteiger charge is 2.22. The molecule has 90 valence electrons. The summed E-state index contributed by atoms with van der Waals surface area (Å²) in [6.07, 6.45) is 0.0787. The predicted molar refractivity (Wildman–Crippen MR) is 65.7 cm³/mol. The van der Waals surface area contributed by atoms with Gasteiger partial charge in [0, 0.05) is 0 Å². The Hall–Kier alpha value is -0.630. The quantitative estimate of drug-likeness (QED) is 0.824. The summed E-state index contributed by atoms with van der Waals surface area (Å²) in [4.78, 5) is 9.76. The number of hydrogen-bond donors (Lipinski definition) is 1. The Morgan fingerprint density at radius 1 is 1.25 bits per heavy atom. The molecule has 0 aliphatic rings. The van der Waals surface area contributed by atoms with Crippen LogP contribution in [-0.4, -0.2) is 16.8 Å². The van der Waals surface area contributed by atoms with Crippen LogP contribution in [0.1, 0.15) is 26.3 Å². The lowest BCUT2D eigenvalue weighted by Gasteiger charge is -2.22. The van der Waals surface area contributed by atoms with Crippen LogP contribution in [0.4, 0.5) is 0 Å². The third-order valence-corrected chi connectivity index (χ3v) is 3.36. The van der Waals surface area contributed by atoms with Gasteiger partial charge in [-0.15, -0.1) is 0 Å². The minimum atomic E-state index is -3.23. The van der Waals surface area contributed by atoms with Gasteiger partial charge in [-0.1, -0.05) is 30.3 Å². The smallest absolute Gasteiger partial charge is 0.229 e. The second-order valence-corrected chi connectivity index (χ2v) is 7.14. The van der Waals surface area contributed by atoms with E-state index < -0.39 is 7.37 Å². The van der Waals surface area contributed by atoms with Gasteiger partial charge < -0.3 is 9.63 Å². The van der Waals surface area contributed by atoms with Gasteiger partial charge in [-0.2, -0.15) is 0 Å². The highest BCUT2D eigenvalue weighted by Crippen LogP contribution is 2.45. The van der Waals surface area contributed by atoms with Crippen molar-refractivity contribution in [3.63, 3.8) is 0 Å². The summed E-state index contributed by atoms with van der Waals surface area (Å²) < 4.78 is 17.2. The summed E-state index contributed by atoms with van der Waals surface area (Å²) in [5.41, 5.74) is 0.487. The Labute approximate surface area is 96.9 Å². The van der Waals surface area contributed by atoms with Gasteiger partial charge in [0.05, 0.1) is 11.8 Å². The normalized spacial score (nSPS) is 15.8. The minimum absolute atomic E-state index is 0.0919. The monoisotopic (exact) mass is 242 g/mol. The Morgan fingerprint density at radius 3 is 2.31 bits per heavy atom. The molecule has 0 saturated carbocycles. The van der Waals surface area contributed by atoms with E-state index >= 15 is 0 Å². The lowest BCUT2D eigenvalue weighted by molar-refractivity contribution is 0.0214. The lowest BCUT2D eigenvalue weighted by atomic mass is 10.2. The summed E-state index contributed by atoms with van der Waals surface area (Å²) in [6, 6.07) is 9.30. The van der Waals surface area contributed by atoms with Gasteiger partial charge in [0.25, 0.3) is 0 Å². The van der Waals surface area contributed by atoms with E-state index in [0.29, 0.717) is 0 Å². The maximum absolute atomic E-state index is 11.9. The van der Waals surface area contributed by atoms with Crippen molar-refractivity contribution < 1.29 is 14.2 Å². The molecule has 1 aromatic carbocycles. The van der Waals surface area contributed by atoms with E-state index in [1.807, 2.05) is 51.1 Å². The molecule has 0 aliphatic carbocycles. The van der Waals surface area contributed by atoms with E-state index in [9.17, 15) is 9.46 Å². The molecule has 16 heavy (non-hydrogen) atoms. The summed E-state index contributed by atoms with van der Waals surface area (Å²) in [7, 11) is -3.23. The van der Waals surface area contributed by atoms with Crippen LogP contribution in [0.5, 0.6) is 0 Å². The summed E-state index contributed by atoms with van der Waals surface area (Å²) in [5, 5.41) is 0. The molecular weight excluding hydrogens is 223 g/mol. The SMILES string of the molecule is CC(C)(C)OCP(=O)(O)Cc1ccccc1. The Balaban J connectivity index is 2.56. The van der Waals surface area contributed by atoms with Crippen LogP contribution < -0.4 is 0 Å². The molecule has 0 bridgehead atoms. The van der Waals surface area contributed by atoms with Crippen molar-refractivity contribution in [1.82, 2.24) is 0 Å². The van der Waals surface area contributed by atoms with Gasteiger partial charge in [0.15, 0.2) is 0 Å². The molecule has 1 aromatic rings. The van der Waals surface area contributed by atoms with Crippen molar-refractivity contribution in [1.29, 1.82) is 0 Å². The molecule has 0 saturated heterocycles. The van der Waals surface area contributed by atoms with Crippen molar-refractivity contribution in [3.8, 4) is 0 Å². The fourth-order valence-electron chi connectivity index (χ4n) is 1.21.